The second kappa shape index (κ2) is 11.1. The van der Waals surface area contributed by atoms with Gasteiger partial charge in [0.05, 0.1) is 0 Å². The molecule has 0 saturated heterocycles. The number of rotatable bonds is 8. The van der Waals surface area contributed by atoms with Gasteiger partial charge in [-0.3, -0.25) is 0 Å². The third kappa shape index (κ3) is 5.30. The molecule has 0 unspecified atom stereocenters. The fourth-order valence-electron chi connectivity index (χ4n) is 4.94. The van der Waals surface area contributed by atoms with Gasteiger partial charge in [-0.25, -0.2) is 0 Å². The largest absolute Gasteiger partial charge is 0.381 e. The number of nitrogens with one attached hydrogen (secondary N) is 1. The lowest BCUT2D eigenvalue weighted by atomic mass is 10.0. The lowest BCUT2D eigenvalue weighted by Gasteiger charge is -2.27. The molecule has 2 nitrogen and oxygen atoms in total. The Labute approximate surface area is 224 Å². The predicted octanol–water partition coefficient (Wildman–Crippen LogP) is 9.46. The monoisotopic (exact) mass is 490 g/mol. The van der Waals surface area contributed by atoms with Crippen LogP contribution in [0, 0.1) is 0 Å². The van der Waals surface area contributed by atoms with E-state index in [0.717, 1.165) is 18.8 Å². The first kappa shape index (κ1) is 23.6. The van der Waals surface area contributed by atoms with Crippen LogP contribution in [0.15, 0.2) is 152 Å². The van der Waals surface area contributed by atoms with Crippen LogP contribution in [0.2, 0.25) is 0 Å². The Hall–Kier alpha value is -4.82. The third-order valence-corrected chi connectivity index (χ3v) is 6.98. The van der Waals surface area contributed by atoms with Crippen LogP contribution in [0.1, 0.15) is 11.1 Å². The van der Waals surface area contributed by atoms with Gasteiger partial charge in [-0.2, -0.15) is 0 Å². The van der Waals surface area contributed by atoms with Crippen LogP contribution in [-0.2, 0) is 13.1 Å². The number of fused-ring (bicyclic) bond motifs is 1. The third-order valence-electron chi connectivity index (χ3n) is 6.98. The molecule has 6 rings (SSSR count). The summed E-state index contributed by atoms with van der Waals surface area (Å²) < 4.78 is 0. The zero-order chi connectivity index (χ0) is 25.6. The van der Waals surface area contributed by atoms with Gasteiger partial charge >= 0.3 is 0 Å². The van der Waals surface area contributed by atoms with Crippen LogP contribution in [-0.4, -0.2) is 0 Å². The molecule has 0 aliphatic rings. The fourth-order valence-corrected chi connectivity index (χ4v) is 4.94. The van der Waals surface area contributed by atoms with Gasteiger partial charge in [0.2, 0.25) is 0 Å². The van der Waals surface area contributed by atoms with Crippen LogP contribution in [0.3, 0.4) is 0 Å². The van der Waals surface area contributed by atoms with E-state index in [2.05, 4.69) is 156 Å². The molecular formula is C36H30N2. The molecule has 0 bridgehead atoms. The predicted molar refractivity (Wildman–Crippen MR) is 162 cm³/mol. The molecule has 0 radical (unpaired) electrons. The molecule has 1 N–H and O–H groups in total. The van der Waals surface area contributed by atoms with Crippen molar-refractivity contribution in [1.29, 1.82) is 0 Å². The molecule has 0 atom stereocenters. The highest BCUT2D eigenvalue weighted by Crippen LogP contribution is 2.35. The molecule has 0 amide bonds. The van der Waals surface area contributed by atoms with Gasteiger partial charge in [-0.1, -0.05) is 121 Å². The zero-order valence-electron chi connectivity index (χ0n) is 21.3. The van der Waals surface area contributed by atoms with Gasteiger partial charge in [0.1, 0.15) is 0 Å². The summed E-state index contributed by atoms with van der Waals surface area (Å²) in [6.45, 7) is 1.62. The van der Waals surface area contributed by atoms with Crippen LogP contribution < -0.4 is 10.2 Å². The molecule has 0 aromatic heterocycles. The number of benzene rings is 6. The van der Waals surface area contributed by atoms with Crippen molar-refractivity contribution in [1.82, 2.24) is 0 Å². The highest BCUT2D eigenvalue weighted by Gasteiger charge is 2.13. The van der Waals surface area contributed by atoms with Crippen LogP contribution >= 0.6 is 0 Å². The van der Waals surface area contributed by atoms with E-state index in [4.69, 9.17) is 0 Å². The number of hydrogen-bond donors (Lipinski definition) is 1. The Morgan fingerprint density at radius 1 is 0.474 bits per heavy atom. The Morgan fingerprint density at radius 3 is 1.76 bits per heavy atom. The van der Waals surface area contributed by atoms with E-state index in [-0.39, 0.29) is 0 Å². The molecule has 184 valence electrons. The highest BCUT2D eigenvalue weighted by atomic mass is 15.1. The topological polar surface area (TPSA) is 15.3 Å². The Morgan fingerprint density at radius 2 is 1.05 bits per heavy atom. The standard InChI is InChI=1S/C36H30N2/c1-3-10-28(11-4-1)26-37-33-22-18-30(19-23-33)31-20-24-34(25-21-31)38(27-29-12-5-2-6-13-29)36-17-9-15-32-14-7-8-16-35(32)36/h1-25,37H,26-27H2. The van der Waals surface area contributed by atoms with Gasteiger partial charge in [-0.05, 0) is 58.0 Å². The summed E-state index contributed by atoms with van der Waals surface area (Å²) in [4.78, 5) is 2.41. The first-order valence-electron chi connectivity index (χ1n) is 13.1. The second-order valence-corrected chi connectivity index (χ2v) is 9.53. The highest BCUT2D eigenvalue weighted by molar-refractivity contribution is 5.96. The average molecular weight is 491 g/mol. The minimum absolute atomic E-state index is 0.802. The van der Waals surface area contributed by atoms with Gasteiger partial charge in [-0.15, -0.1) is 0 Å². The molecule has 0 heterocycles. The van der Waals surface area contributed by atoms with Crippen molar-refractivity contribution in [2.24, 2.45) is 0 Å². The van der Waals surface area contributed by atoms with Crippen LogP contribution in [0.4, 0.5) is 17.1 Å². The van der Waals surface area contributed by atoms with Gasteiger partial charge < -0.3 is 10.2 Å². The Bertz CT molecular complexity index is 1600. The van der Waals surface area contributed by atoms with E-state index >= 15 is 0 Å². The maximum Gasteiger partial charge on any atom is 0.0493 e. The van der Waals surface area contributed by atoms with E-state index in [1.165, 1.54) is 44.4 Å². The number of nitrogens with zero attached hydrogens (tertiary/aromatic N) is 1. The maximum absolute atomic E-state index is 3.51. The Kier molecular flexibility index (Phi) is 6.86. The van der Waals surface area contributed by atoms with Crippen molar-refractivity contribution in [3.8, 4) is 11.1 Å². The van der Waals surface area contributed by atoms with E-state index in [1.54, 1.807) is 0 Å². The summed E-state index contributed by atoms with van der Waals surface area (Å²) in [6.07, 6.45) is 0. The molecule has 6 aromatic carbocycles. The number of anilines is 3. The average Bonchev–Trinajstić information content (AvgIpc) is 3.00. The molecule has 0 fully saturated rings. The van der Waals surface area contributed by atoms with E-state index in [0.29, 0.717) is 0 Å². The van der Waals surface area contributed by atoms with Crippen molar-refractivity contribution >= 4 is 27.8 Å². The summed E-state index contributed by atoms with van der Waals surface area (Å²) in [5, 5.41) is 6.02. The smallest absolute Gasteiger partial charge is 0.0493 e. The SMILES string of the molecule is c1ccc(CNc2ccc(-c3ccc(N(Cc4ccccc4)c4cccc5ccccc45)cc3)cc2)cc1. The van der Waals surface area contributed by atoms with Gasteiger partial charge in [0.15, 0.2) is 0 Å². The van der Waals surface area contributed by atoms with Crippen molar-refractivity contribution in [2.75, 3.05) is 10.2 Å². The number of hydrogen-bond acceptors (Lipinski definition) is 2. The summed E-state index contributed by atoms with van der Waals surface area (Å²) in [5.41, 5.74) is 8.49. The van der Waals surface area contributed by atoms with Crippen LogP contribution in [0.25, 0.3) is 21.9 Å². The van der Waals surface area contributed by atoms with Crippen molar-refractivity contribution in [3.05, 3.63) is 163 Å². The lowest BCUT2D eigenvalue weighted by molar-refractivity contribution is 0.981. The molecule has 2 heteroatoms. The molecule has 6 aromatic rings. The summed E-state index contributed by atoms with van der Waals surface area (Å²) in [5.74, 6) is 0. The quantitative estimate of drug-likeness (QED) is 0.228. The molecular weight excluding hydrogens is 460 g/mol. The summed E-state index contributed by atoms with van der Waals surface area (Å²) >= 11 is 0. The van der Waals surface area contributed by atoms with Crippen molar-refractivity contribution in [2.45, 2.75) is 13.1 Å². The van der Waals surface area contributed by atoms with E-state index in [9.17, 15) is 0 Å². The van der Waals surface area contributed by atoms with E-state index in [1.807, 2.05) is 6.07 Å². The van der Waals surface area contributed by atoms with Gasteiger partial charge in [0, 0.05) is 35.5 Å². The van der Waals surface area contributed by atoms with Crippen LogP contribution in [0.5, 0.6) is 0 Å². The first-order chi connectivity index (χ1) is 18.8. The fraction of sp³-hybridized carbons (Fsp3) is 0.0556. The summed E-state index contributed by atoms with van der Waals surface area (Å²) in [6, 6.07) is 54.0. The summed E-state index contributed by atoms with van der Waals surface area (Å²) in [7, 11) is 0. The molecule has 0 aliphatic carbocycles. The minimum Gasteiger partial charge on any atom is -0.381 e. The van der Waals surface area contributed by atoms with Gasteiger partial charge in [0.25, 0.3) is 0 Å². The zero-order valence-corrected chi connectivity index (χ0v) is 21.3. The molecule has 0 saturated carbocycles. The second-order valence-electron chi connectivity index (χ2n) is 9.53. The minimum atomic E-state index is 0.802. The molecule has 0 spiro atoms. The van der Waals surface area contributed by atoms with Crippen molar-refractivity contribution in [3.63, 3.8) is 0 Å². The maximum atomic E-state index is 3.51. The first-order valence-corrected chi connectivity index (χ1v) is 13.1. The molecule has 38 heavy (non-hydrogen) atoms. The normalized spacial score (nSPS) is 10.8. The molecule has 0 aliphatic heterocycles. The Balaban J connectivity index is 1.26. The van der Waals surface area contributed by atoms with E-state index < -0.39 is 0 Å². The lowest BCUT2D eigenvalue weighted by Crippen LogP contribution is -2.16. The van der Waals surface area contributed by atoms with Crippen molar-refractivity contribution < 1.29 is 0 Å².